The Balaban J connectivity index is 1.28. The van der Waals surface area contributed by atoms with Gasteiger partial charge in [0.15, 0.2) is 11.6 Å². The Kier molecular flexibility index (Phi) is 11.1. The second-order valence-electron chi connectivity index (χ2n) is 10.9. The van der Waals surface area contributed by atoms with Gasteiger partial charge >= 0.3 is 6.09 Å². The first-order valence-electron chi connectivity index (χ1n) is 15.1. The molecule has 45 heavy (non-hydrogen) atoms. The summed E-state index contributed by atoms with van der Waals surface area (Å²) in [5.74, 6) is -1.04. The van der Waals surface area contributed by atoms with Gasteiger partial charge in [-0.05, 0) is 47.7 Å². The average Bonchev–Trinajstić information content (AvgIpc) is 3.08. The zero-order valence-corrected chi connectivity index (χ0v) is 25.2. The first-order chi connectivity index (χ1) is 22.0. The molecule has 0 aliphatic carbocycles. The first-order valence-corrected chi connectivity index (χ1v) is 15.1. The summed E-state index contributed by atoms with van der Waals surface area (Å²) < 4.78 is 30.8. The number of hydrogen-bond acceptors (Lipinski definition) is 6. The highest BCUT2D eigenvalue weighted by atomic mass is 19.1. The van der Waals surface area contributed by atoms with E-state index < -0.39 is 23.9 Å². The van der Waals surface area contributed by atoms with E-state index >= 15 is 0 Å². The Morgan fingerprint density at radius 2 is 1.49 bits per heavy atom. The van der Waals surface area contributed by atoms with E-state index in [1.54, 1.807) is 18.2 Å². The summed E-state index contributed by atoms with van der Waals surface area (Å²) in [6, 6.07) is 32.2. The molecule has 0 saturated carbocycles. The smallest absolute Gasteiger partial charge is 0.407 e. The molecule has 1 fully saturated rings. The molecule has 5 rings (SSSR count). The molecule has 3 atom stereocenters. The molecule has 1 aliphatic heterocycles. The van der Waals surface area contributed by atoms with Crippen LogP contribution in [0.3, 0.4) is 0 Å². The maximum Gasteiger partial charge on any atom is 0.407 e. The van der Waals surface area contributed by atoms with Crippen LogP contribution in [0.1, 0.15) is 29.0 Å². The highest BCUT2D eigenvalue weighted by Crippen LogP contribution is 2.30. The first kappa shape index (κ1) is 31.7. The van der Waals surface area contributed by atoms with E-state index in [1.807, 2.05) is 84.9 Å². The molecule has 234 valence electrons. The van der Waals surface area contributed by atoms with Crippen LogP contribution < -0.4 is 20.7 Å². The van der Waals surface area contributed by atoms with Gasteiger partial charge in [-0.1, -0.05) is 91.0 Å². The third-order valence-corrected chi connectivity index (χ3v) is 7.79. The van der Waals surface area contributed by atoms with E-state index in [0.717, 1.165) is 16.7 Å². The van der Waals surface area contributed by atoms with Crippen LogP contribution in [0.15, 0.2) is 109 Å². The summed E-state index contributed by atoms with van der Waals surface area (Å²) in [6.45, 7) is 1.51. The largest absolute Gasteiger partial charge is 0.488 e. The van der Waals surface area contributed by atoms with E-state index in [0.29, 0.717) is 31.6 Å². The third kappa shape index (κ3) is 8.68. The fourth-order valence-electron chi connectivity index (χ4n) is 5.56. The van der Waals surface area contributed by atoms with E-state index in [-0.39, 0.29) is 30.5 Å². The zero-order chi connectivity index (χ0) is 31.4. The molecule has 0 unspecified atom stereocenters. The molecule has 1 aliphatic rings. The van der Waals surface area contributed by atoms with Crippen LogP contribution >= 0.6 is 0 Å². The molecule has 0 aromatic heterocycles. The SMILES string of the molecule is COC(=O)N[C@H](C(=O)Nc1ccccc1CC[C@@H]1CNC[C@@H](COc2ccccc2F)O1)C(c1ccccc1)c1ccccc1. The lowest BCUT2D eigenvalue weighted by atomic mass is 9.84. The molecule has 4 aromatic carbocycles. The molecule has 3 N–H and O–H groups in total. The van der Waals surface area contributed by atoms with Crippen molar-refractivity contribution >= 4 is 17.7 Å². The minimum absolute atomic E-state index is 0.0917. The van der Waals surface area contributed by atoms with Crippen molar-refractivity contribution in [3.8, 4) is 5.75 Å². The fourth-order valence-corrected chi connectivity index (χ4v) is 5.56. The van der Waals surface area contributed by atoms with Gasteiger partial charge in [-0.3, -0.25) is 4.79 Å². The number of hydrogen-bond donors (Lipinski definition) is 3. The number of amides is 2. The van der Waals surface area contributed by atoms with Crippen molar-refractivity contribution in [1.29, 1.82) is 0 Å². The lowest BCUT2D eigenvalue weighted by molar-refractivity contribution is -0.118. The van der Waals surface area contributed by atoms with Crippen LogP contribution in [0.4, 0.5) is 14.9 Å². The topological polar surface area (TPSA) is 97.9 Å². The van der Waals surface area contributed by atoms with Crippen molar-refractivity contribution in [2.45, 2.75) is 37.0 Å². The standard InChI is InChI=1S/C36H38FN3O5/c1-43-36(42)40-34(33(26-13-4-2-5-14-26)27-15-6-3-7-16-27)35(41)39-31-18-10-8-12-25(31)20-21-28-22-38-23-29(45-28)24-44-32-19-11-9-17-30(32)37/h2-19,28-29,33-34,38H,20-24H2,1H3,(H,39,41)(H,40,42)/t28-,29+,34+/m1/s1. The van der Waals surface area contributed by atoms with Crippen LogP contribution in [-0.4, -0.2) is 57.1 Å². The minimum atomic E-state index is -0.962. The predicted molar refractivity (Wildman–Crippen MR) is 171 cm³/mol. The highest BCUT2D eigenvalue weighted by molar-refractivity contribution is 5.98. The lowest BCUT2D eigenvalue weighted by Crippen LogP contribution is -2.48. The van der Waals surface area contributed by atoms with Crippen LogP contribution in [0.5, 0.6) is 5.75 Å². The molecule has 4 aromatic rings. The molecular weight excluding hydrogens is 573 g/mol. The molecule has 1 saturated heterocycles. The summed E-state index contributed by atoms with van der Waals surface area (Å²) >= 11 is 0. The summed E-state index contributed by atoms with van der Waals surface area (Å²) in [6.07, 6.45) is 0.314. The number of para-hydroxylation sites is 2. The Bertz CT molecular complexity index is 1500. The van der Waals surface area contributed by atoms with Crippen molar-refractivity contribution in [3.63, 3.8) is 0 Å². The second-order valence-corrected chi connectivity index (χ2v) is 10.9. The van der Waals surface area contributed by atoms with Crippen LogP contribution in [-0.2, 0) is 20.7 Å². The van der Waals surface area contributed by atoms with Crippen LogP contribution in [0.2, 0.25) is 0 Å². The van der Waals surface area contributed by atoms with Crippen molar-refractivity contribution in [2.75, 3.05) is 32.1 Å². The van der Waals surface area contributed by atoms with Crippen molar-refractivity contribution < 1.29 is 28.2 Å². The number of halogens is 1. The maximum atomic E-state index is 14.0. The number of methoxy groups -OCH3 is 1. The Morgan fingerprint density at radius 1 is 0.867 bits per heavy atom. The number of alkyl carbamates (subject to hydrolysis) is 1. The summed E-state index contributed by atoms with van der Waals surface area (Å²) in [4.78, 5) is 26.5. The van der Waals surface area contributed by atoms with Gasteiger partial charge < -0.3 is 30.2 Å². The number of anilines is 1. The summed E-state index contributed by atoms with van der Waals surface area (Å²) in [5.41, 5.74) is 3.35. The number of morpholine rings is 1. The molecular formula is C36H38FN3O5. The molecule has 0 bridgehead atoms. The van der Waals surface area contributed by atoms with Crippen LogP contribution in [0, 0.1) is 5.82 Å². The molecule has 0 spiro atoms. The van der Waals surface area contributed by atoms with Gasteiger partial charge in [0.1, 0.15) is 18.8 Å². The number of carbonyl (C=O) groups is 2. The Hall–Kier alpha value is -4.73. The van der Waals surface area contributed by atoms with E-state index in [9.17, 15) is 14.0 Å². The number of benzene rings is 4. The van der Waals surface area contributed by atoms with Gasteiger partial charge in [0.25, 0.3) is 0 Å². The molecule has 8 nitrogen and oxygen atoms in total. The summed E-state index contributed by atoms with van der Waals surface area (Å²) in [5, 5.41) is 9.24. The van der Waals surface area contributed by atoms with E-state index in [4.69, 9.17) is 14.2 Å². The monoisotopic (exact) mass is 611 g/mol. The van der Waals surface area contributed by atoms with Gasteiger partial charge in [-0.2, -0.15) is 0 Å². The quantitative estimate of drug-likeness (QED) is 0.191. The Morgan fingerprint density at radius 3 is 2.18 bits per heavy atom. The average molecular weight is 612 g/mol. The van der Waals surface area contributed by atoms with Gasteiger partial charge in [0, 0.05) is 24.7 Å². The number of nitrogens with one attached hydrogen (secondary N) is 3. The minimum Gasteiger partial charge on any atom is -0.488 e. The number of carbonyl (C=O) groups excluding carboxylic acids is 2. The van der Waals surface area contributed by atoms with Gasteiger partial charge in [-0.25, -0.2) is 9.18 Å². The molecule has 2 amide bonds. The van der Waals surface area contributed by atoms with Crippen molar-refractivity contribution in [1.82, 2.24) is 10.6 Å². The van der Waals surface area contributed by atoms with E-state index in [2.05, 4.69) is 16.0 Å². The van der Waals surface area contributed by atoms with Gasteiger partial charge in [0.05, 0.1) is 13.2 Å². The molecule has 9 heteroatoms. The van der Waals surface area contributed by atoms with Gasteiger partial charge in [-0.15, -0.1) is 0 Å². The highest BCUT2D eigenvalue weighted by Gasteiger charge is 2.33. The molecule has 1 heterocycles. The normalized spacial score (nSPS) is 16.9. The number of ether oxygens (including phenoxy) is 3. The maximum absolute atomic E-state index is 14.0. The fraction of sp³-hybridized carbons (Fsp3) is 0.278. The number of aryl methyl sites for hydroxylation is 1. The van der Waals surface area contributed by atoms with Gasteiger partial charge in [0.2, 0.25) is 5.91 Å². The van der Waals surface area contributed by atoms with Crippen molar-refractivity contribution in [2.24, 2.45) is 0 Å². The zero-order valence-electron chi connectivity index (χ0n) is 25.2. The Labute approximate surface area is 262 Å². The van der Waals surface area contributed by atoms with Crippen LogP contribution in [0.25, 0.3) is 0 Å². The summed E-state index contributed by atoms with van der Waals surface area (Å²) in [7, 11) is 1.28. The lowest BCUT2D eigenvalue weighted by Gasteiger charge is -2.31. The predicted octanol–water partition coefficient (Wildman–Crippen LogP) is 5.69. The molecule has 0 radical (unpaired) electrons. The second kappa shape index (κ2) is 15.8. The van der Waals surface area contributed by atoms with Crippen molar-refractivity contribution in [3.05, 3.63) is 132 Å². The third-order valence-electron chi connectivity index (χ3n) is 7.79. The van der Waals surface area contributed by atoms with E-state index in [1.165, 1.54) is 13.2 Å². The number of rotatable bonds is 12.